The van der Waals surface area contributed by atoms with Crippen molar-refractivity contribution in [2.45, 2.75) is 50.6 Å². The second kappa shape index (κ2) is 5.83. The van der Waals surface area contributed by atoms with Crippen LogP contribution in [0.15, 0.2) is 0 Å². The van der Waals surface area contributed by atoms with Crippen LogP contribution in [0.2, 0.25) is 0 Å². The van der Waals surface area contributed by atoms with Gasteiger partial charge in [-0.05, 0) is 32.9 Å². The zero-order chi connectivity index (χ0) is 12.3. The summed E-state index contributed by atoms with van der Waals surface area (Å²) in [4.78, 5) is 16.4. The summed E-state index contributed by atoms with van der Waals surface area (Å²) in [6, 6.07) is 0.963. The van der Waals surface area contributed by atoms with Crippen LogP contribution in [0.5, 0.6) is 0 Å². The van der Waals surface area contributed by atoms with Gasteiger partial charge in [-0.3, -0.25) is 9.69 Å². The van der Waals surface area contributed by atoms with E-state index in [0.29, 0.717) is 31.1 Å². The Kier molecular flexibility index (Phi) is 4.40. The van der Waals surface area contributed by atoms with Crippen molar-refractivity contribution < 1.29 is 4.79 Å². The van der Waals surface area contributed by atoms with Gasteiger partial charge in [-0.1, -0.05) is 19.3 Å². The molecule has 2 rings (SSSR count). The van der Waals surface area contributed by atoms with E-state index in [4.69, 9.17) is 5.73 Å². The van der Waals surface area contributed by atoms with E-state index in [2.05, 4.69) is 9.80 Å². The molecule has 1 saturated heterocycles. The first-order chi connectivity index (χ1) is 8.22. The maximum atomic E-state index is 12.1. The third-order valence-corrected chi connectivity index (χ3v) is 4.25. The van der Waals surface area contributed by atoms with E-state index in [-0.39, 0.29) is 0 Å². The highest BCUT2D eigenvalue weighted by Gasteiger charge is 2.33. The van der Waals surface area contributed by atoms with Crippen molar-refractivity contribution in [2.75, 3.05) is 26.7 Å². The van der Waals surface area contributed by atoms with Gasteiger partial charge in [0.2, 0.25) is 5.91 Å². The zero-order valence-corrected chi connectivity index (χ0v) is 10.9. The largest absolute Gasteiger partial charge is 0.337 e. The Morgan fingerprint density at radius 1 is 1.29 bits per heavy atom. The fourth-order valence-electron chi connectivity index (χ4n) is 3.15. The van der Waals surface area contributed by atoms with Crippen molar-refractivity contribution in [1.29, 1.82) is 0 Å². The van der Waals surface area contributed by atoms with E-state index in [1.807, 2.05) is 7.05 Å². The lowest BCUT2D eigenvalue weighted by atomic mass is 9.93. The minimum absolute atomic E-state index is 0.313. The molecule has 1 saturated carbocycles. The number of carbonyl (C=O) groups excluding carboxylic acids is 1. The molecule has 1 heterocycles. The van der Waals surface area contributed by atoms with Crippen molar-refractivity contribution in [3.63, 3.8) is 0 Å². The molecule has 2 aliphatic rings. The summed E-state index contributed by atoms with van der Waals surface area (Å²) >= 11 is 0. The lowest BCUT2D eigenvalue weighted by Gasteiger charge is -2.43. The molecule has 1 aliphatic carbocycles. The van der Waals surface area contributed by atoms with Crippen LogP contribution in [-0.4, -0.2) is 54.5 Å². The SMILES string of the molecule is CN1CC(=O)N(C2CCCCC2)CC1CCN. The molecule has 0 aromatic carbocycles. The van der Waals surface area contributed by atoms with E-state index >= 15 is 0 Å². The number of likely N-dealkylation sites (N-methyl/N-ethyl adjacent to an activating group) is 1. The minimum atomic E-state index is 0.313. The van der Waals surface area contributed by atoms with Gasteiger partial charge in [0.25, 0.3) is 0 Å². The molecule has 0 spiro atoms. The Bertz CT molecular complexity index is 263. The average Bonchev–Trinajstić information content (AvgIpc) is 2.34. The van der Waals surface area contributed by atoms with Gasteiger partial charge in [0.15, 0.2) is 0 Å². The van der Waals surface area contributed by atoms with Gasteiger partial charge >= 0.3 is 0 Å². The number of amides is 1. The van der Waals surface area contributed by atoms with E-state index < -0.39 is 0 Å². The van der Waals surface area contributed by atoms with Crippen molar-refractivity contribution in [1.82, 2.24) is 9.80 Å². The average molecular weight is 239 g/mol. The van der Waals surface area contributed by atoms with Crippen molar-refractivity contribution in [3.8, 4) is 0 Å². The van der Waals surface area contributed by atoms with Crippen molar-refractivity contribution in [2.24, 2.45) is 5.73 Å². The number of nitrogens with zero attached hydrogens (tertiary/aromatic N) is 2. The van der Waals surface area contributed by atoms with E-state index in [0.717, 1.165) is 13.0 Å². The molecule has 17 heavy (non-hydrogen) atoms. The third-order valence-electron chi connectivity index (χ3n) is 4.25. The number of piperazine rings is 1. The fourth-order valence-corrected chi connectivity index (χ4v) is 3.15. The second-order valence-corrected chi connectivity index (χ2v) is 5.48. The monoisotopic (exact) mass is 239 g/mol. The molecule has 1 aliphatic heterocycles. The molecule has 2 fully saturated rings. The molecule has 2 N–H and O–H groups in total. The van der Waals surface area contributed by atoms with E-state index in [1.54, 1.807) is 0 Å². The maximum Gasteiger partial charge on any atom is 0.237 e. The highest BCUT2D eigenvalue weighted by Crippen LogP contribution is 2.25. The predicted octanol–water partition coefficient (Wildman–Crippen LogP) is 0.811. The van der Waals surface area contributed by atoms with Crippen LogP contribution >= 0.6 is 0 Å². The van der Waals surface area contributed by atoms with E-state index in [1.165, 1.54) is 32.1 Å². The molecule has 98 valence electrons. The van der Waals surface area contributed by atoms with Crippen LogP contribution in [0.25, 0.3) is 0 Å². The van der Waals surface area contributed by atoms with Gasteiger partial charge in [0.1, 0.15) is 0 Å². The van der Waals surface area contributed by atoms with Gasteiger partial charge in [-0.15, -0.1) is 0 Å². The van der Waals surface area contributed by atoms with Gasteiger partial charge in [0.05, 0.1) is 6.54 Å². The summed E-state index contributed by atoms with van der Waals surface area (Å²) in [6.07, 6.45) is 7.30. The molecule has 0 aromatic rings. The van der Waals surface area contributed by atoms with Crippen LogP contribution in [0.4, 0.5) is 0 Å². The zero-order valence-electron chi connectivity index (χ0n) is 10.9. The molecule has 1 unspecified atom stereocenters. The fraction of sp³-hybridized carbons (Fsp3) is 0.923. The van der Waals surface area contributed by atoms with E-state index in [9.17, 15) is 4.79 Å². The summed E-state index contributed by atoms with van der Waals surface area (Å²) in [5, 5.41) is 0. The number of hydrogen-bond acceptors (Lipinski definition) is 3. The van der Waals surface area contributed by atoms with Gasteiger partial charge in [-0.25, -0.2) is 0 Å². The van der Waals surface area contributed by atoms with Crippen LogP contribution in [0.1, 0.15) is 38.5 Å². The number of hydrogen-bond donors (Lipinski definition) is 1. The van der Waals surface area contributed by atoms with Crippen LogP contribution < -0.4 is 5.73 Å². The number of carbonyl (C=O) groups is 1. The Balaban J connectivity index is 1.97. The van der Waals surface area contributed by atoms with Gasteiger partial charge in [-0.2, -0.15) is 0 Å². The molecular formula is C13H25N3O. The summed E-state index contributed by atoms with van der Waals surface area (Å²) in [7, 11) is 2.04. The van der Waals surface area contributed by atoms with Crippen LogP contribution in [0.3, 0.4) is 0 Å². The molecule has 1 amide bonds. The summed E-state index contributed by atoms with van der Waals surface area (Å²) in [5.74, 6) is 0.313. The highest BCUT2D eigenvalue weighted by atomic mass is 16.2. The van der Waals surface area contributed by atoms with Gasteiger partial charge < -0.3 is 10.6 Å². The Morgan fingerprint density at radius 2 is 2.00 bits per heavy atom. The molecule has 0 bridgehead atoms. The quantitative estimate of drug-likeness (QED) is 0.793. The molecule has 0 aromatic heterocycles. The predicted molar refractivity (Wildman–Crippen MR) is 68.7 cm³/mol. The minimum Gasteiger partial charge on any atom is -0.337 e. The number of nitrogens with two attached hydrogens (primary N) is 1. The third kappa shape index (κ3) is 2.99. The number of rotatable bonds is 3. The first-order valence-electron chi connectivity index (χ1n) is 6.92. The maximum absolute atomic E-state index is 12.1. The summed E-state index contributed by atoms with van der Waals surface area (Å²) in [5.41, 5.74) is 5.65. The lowest BCUT2D eigenvalue weighted by Crippen LogP contribution is -2.58. The Morgan fingerprint density at radius 3 is 2.65 bits per heavy atom. The van der Waals surface area contributed by atoms with Gasteiger partial charge in [0, 0.05) is 18.6 Å². The topological polar surface area (TPSA) is 49.6 Å². The smallest absolute Gasteiger partial charge is 0.237 e. The van der Waals surface area contributed by atoms with Crippen LogP contribution in [0, 0.1) is 0 Å². The lowest BCUT2D eigenvalue weighted by molar-refractivity contribution is -0.141. The summed E-state index contributed by atoms with van der Waals surface area (Å²) in [6.45, 7) is 2.17. The normalized spacial score (nSPS) is 28.7. The molecule has 0 radical (unpaired) electrons. The first-order valence-corrected chi connectivity index (χ1v) is 6.92. The highest BCUT2D eigenvalue weighted by molar-refractivity contribution is 5.79. The molecule has 4 heteroatoms. The standard InChI is InChI=1S/C13H25N3O/c1-15-10-13(17)16(9-12(15)7-8-14)11-5-3-2-4-6-11/h11-12H,2-10,14H2,1H3. The molecule has 4 nitrogen and oxygen atoms in total. The summed E-state index contributed by atoms with van der Waals surface area (Å²) < 4.78 is 0. The molecule has 1 atom stereocenters. The first kappa shape index (κ1) is 12.8. The van der Waals surface area contributed by atoms with Crippen molar-refractivity contribution >= 4 is 5.91 Å². The Labute approximate surface area is 104 Å². The second-order valence-electron chi connectivity index (χ2n) is 5.48. The Hall–Kier alpha value is -0.610. The van der Waals surface area contributed by atoms with Crippen molar-refractivity contribution in [3.05, 3.63) is 0 Å². The molecular weight excluding hydrogens is 214 g/mol. The van der Waals surface area contributed by atoms with Crippen LogP contribution in [-0.2, 0) is 4.79 Å².